The summed E-state index contributed by atoms with van der Waals surface area (Å²) in [5, 5.41) is 11.9. The fourth-order valence-corrected chi connectivity index (χ4v) is 1.37. The molecule has 1 rings (SSSR count). The Morgan fingerprint density at radius 3 is 2.33 bits per heavy atom. The van der Waals surface area contributed by atoms with Gasteiger partial charge in [0, 0.05) is 34.9 Å². The standard InChI is InChI=1S/C14H20N2O2/c1-14(2,3)16(18)10-11-8-6-7-9-12(11)13(17)15(4)5/h6-10H,1-5H3. The quantitative estimate of drug-likeness (QED) is 0.348. The zero-order valence-electron chi connectivity index (χ0n) is 11.6. The molecule has 0 aliphatic rings. The van der Waals surface area contributed by atoms with E-state index in [4.69, 9.17) is 0 Å². The summed E-state index contributed by atoms with van der Waals surface area (Å²) in [6, 6.07) is 7.10. The topological polar surface area (TPSA) is 46.4 Å². The molecule has 0 saturated carbocycles. The SMILES string of the molecule is CN(C)C(=O)c1ccccc1C=[N+]([O-])C(C)(C)C. The van der Waals surface area contributed by atoms with Crippen molar-refractivity contribution in [3.8, 4) is 0 Å². The molecule has 0 bridgehead atoms. The number of carbonyl (C=O) groups is 1. The van der Waals surface area contributed by atoms with Crippen LogP contribution in [0.4, 0.5) is 0 Å². The average Bonchev–Trinajstić information content (AvgIpc) is 2.27. The van der Waals surface area contributed by atoms with Crippen molar-refractivity contribution in [1.29, 1.82) is 0 Å². The van der Waals surface area contributed by atoms with Gasteiger partial charge in [-0.1, -0.05) is 12.1 Å². The summed E-state index contributed by atoms with van der Waals surface area (Å²) in [5.74, 6) is -0.107. The summed E-state index contributed by atoms with van der Waals surface area (Å²) < 4.78 is 0.870. The van der Waals surface area contributed by atoms with Gasteiger partial charge in [0.25, 0.3) is 5.91 Å². The Labute approximate surface area is 108 Å². The fourth-order valence-electron chi connectivity index (χ4n) is 1.37. The molecule has 4 nitrogen and oxygen atoms in total. The molecule has 0 spiro atoms. The van der Waals surface area contributed by atoms with E-state index in [1.165, 1.54) is 11.1 Å². The van der Waals surface area contributed by atoms with E-state index < -0.39 is 5.54 Å². The lowest BCUT2D eigenvalue weighted by Crippen LogP contribution is -2.30. The molecule has 0 saturated heterocycles. The molecule has 0 fully saturated rings. The van der Waals surface area contributed by atoms with Gasteiger partial charge < -0.3 is 10.1 Å². The van der Waals surface area contributed by atoms with Gasteiger partial charge in [-0.05, 0) is 12.1 Å². The third kappa shape index (κ3) is 3.32. The highest BCUT2D eigenvalue weighted by atomic mass is 16.5. The Kier molecular flexibility index (Phi) is 4.11. The molecule has 1 amide bonds. The first kappa shape index (κ1) is 14.2. The molecule has 0 aromatic heterocycles. The van der Waals surface area contributed by atoms with Gasteiger partial charge in [-0.3, -0.25) is 4.79 Å². The number of hydroxylamine groups is 1. The summed E-state index contributed by atoms with van der Waals surface area (Å²) in [6.45, 7) is 5.48. The van der Waals surface area contributed by atoms with Crippen LogP contribution in [0.5, 0.6) is 0 Å². The number of rotatable bonds is 2. The molecule has 0 radical (unpaired) electrons. The normalized spacial score (nSPS) is 12.4. The zero-order valence-corrected chi connectivity index (χ0v) is 11.6. The van der Waals surface area contributed by atoms with E-state index in [-0.39, 0.29) is 5.91 Å². The minimum absolute atomic E-state index is 0.107. The van der Waals surface area contributed by atoms with Crippen molar-refractivity contribution >= 4 is 12.1 Å². The summed E-state index contributed by atoms with van der Waals surface area (Å²) in [7, 11) is 3.38. The number of hydrogen-bond acceptors (Lipinski definition) is 2. The van der Waals surface area contributed by atoms with Gasteiger partial charge in [0.2, 0.25) is 0 Å². The van der Waals surface area contributed by atoms with Crippen molar-refractivity contribution in [2.45, 2.75) is 26.3 Å². The highest BCUT2D eigenvalue weighted by Gasteiger charge is 2.20. The van der Waals surface area contributed by atoms with E-state index in [2.05, 4.69) is 0 Å². The predicted molar refractivity (Wildman–Crippen MR) is 73.0 cm³/mol. The highest BCUT2D eigenvalue weighted by molar-refractivity contribution is 6.01. The number of amides is 1. The van der Waals surface area contributed by atoms with Crippen LogP contribution in [-0.2, 0) is 0 Å². The van der Waals surface area contributed by atoms with Crippen LogP contribution in [0.15, 0.2) is 24.3 Å². The van der Waals surface area contributed by atoms with Crippen LogP contribution < -0.4 is 0 Å². The monoisotopic (exact) mass is 248 g/mol. The zero-order chi connectivity index (χ0) is 13.9. The van der Waals surface area contributed by atoms with E-state index in [0.717, 1.165) is 4.74 Å². The second-order valence-electron chi connectivity index (χ2n) is 5.41. The first-order valence-corrected chi connectivity index (χ1v) is 5.85. The number of hydrogen-bond donors (Lipinski definition) is 0. The molecule has 98 valence electrons. The van der Waals surface area contributed by atoms with Crippen molar-refractivity contribution < 1.29 is 9.53 Å². The average molecular weight is 248 g/mol. The largest absolute Gasteiger partial charge is 0.623 e. The molecule has 4 heteroatoms. The van der Waals surface area contributed by atoms with Crippen LogP contribution in [0.1, 0.15) is 36.7 Å². The van der Waals surface area contributed by atoms with Gasteiger partial charge in [0.1, 0.15) is 0 Å². The summed E-state index contributed by atoms with van der Waals surface area (Å²) in [6.07, 6.45) is 1.47. The van der Waals surface area contributed by atoms with Crippen molar-refractivity contribution in [2.75, 3.05) is 14.1 Å². The van der Waals surface area contributed by atoms with E-state index in [0.29, 0.717) is 11.1 Å². The van der Waals surface area contributed by atoms with E-state index in [1.54, 1.807) is 32.3 Å². The van der Waals surface area contributed by atoms with Crippen molar-refractivity contribution in [2.24, 2.45) is 0 Å². The molecule has 0 atom stereocenters. The second-order valence-corrected chi connectivity index (χ2v) is 5.41. The van der Waals surface area contributed by atoms with Crippen LogP contribution in [0, 0.1) is 5.21 Å². The van der Waals surface area contributed by atoms with E-state index in [1.807, 2.05) is 26.8 Å². The minimum Gasteiger partial charge on any atom is -0.623 e. The molecule has 1 aromatic rings. The summed E-state index contributed by atoms with van der Waals surface area (Å²) in [4.78, 5) is 13.5. The van der Waals surface area contributed by atoms with Crippen molar-refractivity contribution in [3.05, 3.63) is 40.6 Å². The van der Waals surface area contributed by atoms with Gasteiger partial charge in [-0.2, -0.15) is 0 Å². The van der Waals surface area contributed by atoms with Crippen LogP contribution in [-0.4, -0.2) is 41.4 Å². The number of nitrogens with zero attached hydrogens (tertiary/aromatic N) is 2. The first-order valence-electron chi connectivity index (χ1n) is 5.85. The first-order chi connectivity index (χ1) is 8.23. The Morgan fingerprint density at radius 2 is 1.83 bits per heavy atom. The maximum Gasteiger partial charge on any atom is 0.254 e. The fraction of sp³-hybridized carbons (Fsp3) is 0.429. The second kappa shape index (κ2) is 5.21. The van der Waals surface area contributed by atoms with E-state index in [9.17, 15) is 10.0 Å². The Hall–Kier alpha value is -1.84. The van der Waals surface area contributed by atoms with Crippen LogP contribution in [0.3, 0.4) is 0 Å². The third-order valence-corrected chi connectivity index (χ3v) is 2.51. The lowest BCUT2D eigenvalue weighted by Gasteiger charge is -2.19. The summed E-state index contributed by atoms with van der Waals surface area (Å²) in [5.41, 5.74) is 0.655. The van der Waals surface area contributed by atoms with Gasteiger partial charge in [0.05, 0.1) is 11.1 Å². The molecular formula is C14H20N2O2. The molecule has 0 N–H and O–H groups in total. The Bertz CT molecular complexity index is 471. The molecule has 0 heterocycles. The molecule has 1 aromatic carbocycles. The summed E-state index contributed by atoms with van der Waals surface area (Å²) >= 11 is 0. The van der Waals surface area contributed by atoms with Crippen molar-refractivity contribution in [3.63, 3.8) is 0 Å². The lowest BCUT2D eigenvalue weighted by molar-refractivity contribution is -0.530. The lowest BCUT2D eigenvalue weighted by atomic mass is 10.1. The van der Waals surface area contributed by atoms with Gasteiger partial charge >= 0.3 is 0 Å². The Morgan fingerprint density at radius 1 is 1.28 bits per heavy atom. The van der Waals surface area contributed by atoms with Gasteiger partial charge in [-0.15, -0.1) is 0 Å². The third-order valence-electron chi connectivity index (χ3n) is 2.51. The van der Waals surface area contributed by atoms with Crippen LogP contribution >= 0.6 is 0 Å². The Balaban J connectivity index is 3.23. The predicted octanol–water partition coefficient (Wildman–Crippen LogP) is 2.12. The maximum absolute atomic E-state index is 12.0. The van der Waals surface area contributed by atoms with Gasteiger partial charge in [0.15, 0.2) is 11.8 Å². The molecular weight excluding hydrogens is 228 g/mol. The number of carbonyl (C=O) groups excluding carboxylic acids is 1. The van der Waals surface area contributed by atoms with Crippen LogP contribution in [0.2, 0.25) is 0 Å². The smallest absolute Gasteiger partial charge is 0.254 e. The number of benzene rings is 1. The highest BCUT2D eigenvalue weighted by Crippen LogP contribution is 2.11. The molecule has 18 heavy (non-hydrogen) atoms. The van der Waals surface area contributed by atoms with E-state index >= 15 is 0 Å². The van der Waals surface area contributed by atoms with Gasteiger partial charge in [-0.25, -0.2) is 4.74 Å². The molecule has 0 aliphatic carbocycles. The maximum atomic E-state index is 12.0. The molecule has 0 aliphatic heterocycles. The molecule has 0 unspecified atom stereocenters. The van der Waals surface area contributed by atoms with Crippen LogP contribution in [0.25, 0.3) is 0 Å². The minimum atomic E-state index is -0.520. The van der Waals surface area contributed by atoms with Crippen molar-refractivity contribution in [1.82, 2.24) is 4.90 Å².